The van der Waals surface area contributed by atoms with Crippen molar-refractivity contribution in [3.63, 3.8) is 0 Å². The van der Waals surface area contributed by atoms with Crippen LogP contribution in [-0.2, 0) is 6.42 Å². The van der Waals surface area contributed by atoms with Gasteiger partial charge in [0, 0.05) is 16.6 Å². The van der Waals surface area contributed by atoms with Crippen molar-refractivity contribution >= 4 is 16.8 Å². The molecule has 1 atom stereocenters. The number of rotatable bonds is 3. The molecule has 140 valence electrons. The minimum absolute atomic E-state index is 0.159. The number of carbonyl (C=O) groups excluding carboxylic acids is 1. The van der Waals surface area contributed by atoms with E-state index in [1.54, 1.807) is 30.3 Å². The molecule has 0 spiro atoms. The molecule has 5 rings (SSSR count). The summed E-state index contributed by atoms with van der Waals surface area (Å²) in [5, 5.41) is 15.2. The van der Waals surface area contributed by atoms with Gasteiger partial charge in [0.05, 0.1) is 17.3 Å². The number of fused-ring (bicyclic) bond motifs is 3. The van der Waals surface area contributed by atoms with Gasteiger partial charge in [-0.15, -0.1) is 5.10 Å². The van der Waals surface area contributed by atoms with Gasteiger partial charge in [-0.1, -0.05) is 12.1 Å². The van der Waals surface area contributed by atoms with E-state index in [1.165, 1.54) is 17.1 Å². The first kappa shape index (κ1) is 16.6. The molecule has 0 aliphatic heterocycles. The standard InChI is InChI=1S/C20H17FN6O/c21-12-8-9-16-15(10-12)13-5-3-6-17(19(13)23-16)24-20(28)14-4-1-2-7-18(14)27-11-22-25-26-27/h1-2,4,7-11,17,23H,3,5-6H2,(H,24,28). The van der Waals surface area contributed by atoms with Gasteiger partial charge in [0.1, 0.15) is 12.1 Å². The van der Waals surface area contributed by atoms with Crippen molar-refractivity contribution in [3.8, 4) is 5.69 Å². The number of benzene rings is 2. The summed E-state index contributed by atoms with van der Waals surface area (Å²) in [6.45, 7) is 0. The molecule has 0 saturated heterocycles. The van der Waals surface area contributed by atoms with E-state index < -0.39 is 0 Å². The lowest BCUT2D eigenvalue weighted by Gasteiger charge is -2.24. The van der Waals surface area contributed by atoms with Gasteiger partial charge in [-0.2, -0.15) is 4.68 Å². The molecule has 4 aromatic rings. The fourth-order valence-electron chi connectivity index (χ4n) is 3.95. The number of aromatic nitrogens is 5. The van der Waals surface area contributed by atoms with Gasteiger partial charge in [-0.25, -0.2) is 4.39 Å². The topological polar surface area (TPSA) is 88.5 Å². The van der Waals surface area contributed by atoms with Gasteiger partial charge in [0.2, 0.25) is 0 Å². The SMILES string of the molecule is O=C(NC1CCCc2c1[nH]c1ccc(F)cc21)c1ccccc1-n1cnnn1. The summed E-state index contributed by atoms with van der Waals surface area (Å²) in [6, 6.07) is 11.8. The zero-order valence-electron chi connectivity index (χ0n) is 14.9. The second-order valence-electron chi connectivity index (χ2n) is 6.90. The van der Waals surface area contributed by atoms with Gasteiger partial charge in [-0.3, -0.25) is 4.79 Å². The number of hydrogen-bond donors (Lipinski definition) is 2. The molecule has 8 heteroatoms. The van der Waals surface area contributed by atoms with Crippen LogP contribution in [0.2, 0.25) is 0 Å². The van der Waals surface area contributed by atoms with Crippen molar-refractivity contribution in [1.82, 2.24) is 30.5 Å². The maximum absolute atomic E-state index is 13.7. The van der Waals surface area contributed by atoms with Crippen LogP contribution in [0.1, 0.15) is 40.5 Å². The molecule has 1 aliphatic carbocycles. The van der Waals surface area contributed by atoms with Gasteiger partial charge < -0.3 is 10.3 Å². The predicted octanol–water partition coefficient (Wildman–Crippen LogP) is 3.09. The van der Waals surface area contributed by atoms with Crippen LogP contribution in [0.5, 0.6) is 0 Å². The Morgan fingerprint density at radius 3 is 3.00 bits per heavy atom. The number of hydrogen-bond acceptors (Lipinski definition) is 4. The maximum atomic E-state index is 13.7. The first-order valence-electron chi connectivity index (χ1n) is 9.14. The summed E-state index contributed by atoms with van der Waals surface area (Å²) >= 11 is 0. The summed E-state index contributed by atoms with van der Waals surface area (Å²) in [7, 11) is 0. The summed E-state index contributed by atoms with van der Waals surface area (Å²) in [4.78, 5) is 16.4. The minimum atomic E-state index is -0.254. The van der Waals surface area contributed by atoms with E-state index in [4.69, 9.17) is 0 Å². The molecule has 2 aromatic heterocycles. The van der Waals surface area contributed by atoms with Crippen molar-refractivity contribution < 1.29 is 9.18 Å². The largest absolute Gasteiger partial charge is 0.356 e. The molecule has 1 amide bonds. The van der Waals surface area contributed by atoms with Gasteiger partial charge in [0.25, 0.3) is 5.91 Å². The van der Waals surface area contributed by atoms with Crippen molar-refractivity contribution in [2.24, 2.45) is 0 Å². The van der Waals surface area contributed by atoms with E-state index in [0.717, 1.165) is 41.4 Å². The smallest absolute Gasteiger partial charge is 0.254 e. The highest BCUT2D eigenvalue weighted by Gasteiger charge is 2.27. The Morgan fingerprint density at radius 1 is 1.25 bits per heavy atom. The fraction of sp³-hybridized carbons (Fsp3) is 0.200. The Labute approximate surface area is 159 Å². The highest BCUT2D eigenvalue weighted by atomic mass is 19.1. The summed E-state index contributed by atoms with van der Waals surface area (Å²) in [5.74, 6) is -0.454. The highest BCUT2D eigenvalue weighted by molar-refractivity contribution is 5.98. The van der Waals surface area contributed by atoms with Crippen LogP contribution in [0.15, 0.2) is 48.8 Å². The minimum Gasteiger partial charge on any atom is -0.356 e. The quantitative estimate of drug-likeness (QED) is 0.575. The van der Waals surface area contributed by atoms with Crippen molar-refractivity contribution in [2.45, 2.75) is 25.3 Å². The fourth-order valence-corrected chi connectivity index (χ4v) is 3.95. The molecule has 2 aromatic carbocycles. The Kier molecular flexibility index (Phi) is 3.89. The van der Waals surface area contributed by atoms with Gasteiger partial charge >= 0.3 is 0 Å². The summed E-state index contributed by atoms with van der Waals surface area (Å²) in [5.41, 5.74) is 4.03. The van der Waals surface area contributed by atoms with Crippen molar-refractivity contribution in [2.75, 3.05) is 0 Å². The number of H-pyrrole nitrogens is 1. The molecule has 1 aliphatic rings. The van der Waals surface area contributed by atoms with Crippen LogP contribution in [0.4, 0.5) is 4.39 Å². The third-order valence-corrected chi connectivity index (χ3v) is 5.22. The number of halogens is 1. The second kappa shape index (κ2) is 6.56. The molecule has 0 saturated carbocycles. The van der Waals surface area contributed by atoms with E-state index in [1.807, 2.05) is 6.07 Å². The molecular weight excluding hydrogens is 359 g/mol. The third kappa shape index (κ3) is 2.74. The molecule has 28 heavy (non-hydrogen) atoms. The van der Waals surface area contributed by atoms with Crippen molar-refractivity contribution in [3.05, 3.63) is 71.4 Å². The molecule has 2 heterocycles. The van der Waals surface area contributed by atoms with E-state index in [0.29, 0.717) is 11.3 Å². The predicted molar refractivity (Wildman–Crippen MR) is 101 cm³/mol. The Hall–Kier alpha value is -3.55. The Balaban J connectivity index is 1.49. The first-order valence-corrected chi connectivity index (χ1v) is 9.14. The number of nitrogens with one attached hydrogen (secondary N) is 2. The molecule has 0 radical (unpaired) electrons. The number of nitrogens with zero attached hydrogens (tertiary/aromatic N) is 4. The van der Waals surface area contributed by atoms with Crippen LogP contribution in [-0.4, -0.2) is 31.1 Å². The Bertz CT molecular complexity index is 1170. The monoisotopic (exact) mass is 376 g/mol. The first-order chi connectivity index (χ1) is 13.7. The van der Waals surface area contributed by atoms with E-state index in [2.05, 4.69) is 25.8 Å². The molecule has 0 bridgehead atoms. The maximum Gasteiger partial charge on any atom is 0.254 e. The zero-order chi connectivity index (χ0) is 19.1. The lowest BCUT2D eigenvalue weighted by Crippen LogP contribution is -2.31. The van der Waals surface area contributed by atoms with Crippen molar-refractivity contribution in [1.29, 1.82) is 0 Å². The number of aryl methyl sites for hydroxylation is 1. The Morgan fingerprint density at radius 2 is 2.14 bits per heavy atom. The van der Waals surface area contributed by atoms with Gasteiger partial charge in [-0.05, 0) is 65.6 Å². The average Bonchev–Trinajstić information content (AvgIpc) is 3.36. The zero-order valence-corrected chi connectivity index (χ0v) is 14.9. The normalized spacial score (nSPS) is 16.1. The molecular formula is C20H17FN6O. The summed E-state index contributed by atoms with van der Waals surface area (Å²) < 4.78 is 15.2. The van der Waals surface area contributed by atoms with Crippen LogP contribution in [0, 0.1) is 5.82 Å². The molecule has 0 fully saturated rings. The second-order valence-corrected chi connectivity index (χ2v) is 6.90. The van der Waals surface area contributed by atoms with Crippen LogP contribution < -0.4 is 5.32 Å². The van der Waals surface area contributed by atoms with Gasteiger partial charge in [0.15, 0.2) is 0 Å². The van der Waals surface area contributed by atoms with Crippen LogP contribution >= 0.6 is 0 Å². The molecule has 2 N–H and O–H groups in total. The average molecular weight is 376 g/mol. The number of aromatic amines is 1. The lowest BCUT2D eigenvalue weighted by molar-refractivity contribution is 0.0931. The van der Waals surface area contributed by atoms with E-state index >= 15 is 0 Å². The van der Waals surface area contributed by atoms with Crippen LogP contribution in [0.3, 0.4) is 0 Å². The lowest BCUT2D eigenvalue weighted by atomic mass is 9.91. The van der Waals surface area contributed by atoms with Crippen LogP contribution in [0.25, 0.3) is 16.6 Å². The number of amides is 1. The molecule has 1 unspecified atom stereocenters. The summed E-state index contributed by atoms with van der Waals surface area (Å²) in [6.07, 6.45) is 4.07. The number of tetrazole rings is 1. The highest BCUT2D eigenvalue weighted by Crippen LogP contribution is 2.35. The number of para-hydroxylation sites is 1. The van der Waals surface area contributed by atoms with E-state index in [-0.39, 0.29) is 17.8 Å². The third-order valence-electron chi connectivity index (χ3n) is 5.22. The number of carbonyl (C=O) groups is 1. The molecule has 7 nitrogen and oxygen atoms in total. The van der Waals surface area contributed by atoms with E-state index in [9.17, 15) is 9.18 Å².